The van der Waals surface area contributed by atoms with Gasteiger partial charge in [0.05, 0.1) is 16.8 Å². The molecule has 0 spiro atoms. The van der Waals surface area contributed by atoms with Crippen LogP contribution in [0.15, 0.2) is 251 Å². The Kier molecular flexibility index (Phi) is 8.33. The van der Waals surface area contributed by atoms with E-state index in [2.05, 4.69) is 252 Å². The van der Waals surface area contributed by atoms with Crippen molar-refractivity contribution in [3.05, 3.63) is 243 Å². The molecule has 2 aromatic heterocycles. The summed E-state index contributed by atoms with van der Waals surface area (Å²) in [4.78, 5) is 4.81. The van der Waals surface area contributed by atoms with Crippen LogP contribution in [0.5, 0.6) is 0 Å². The lowest BCUT2D eigenvalue weighted by Gasteiger charge is -2.28. The Morgan fingerprint density at radius 3 is 1.09 bits per heavy atom. The number of fused-ring (bicyclic) bond motifs is 15. The molecule has 0 aliphatic heterocycles. The lowest BCUT2D eigenvalue weighted by Crippen LogP contribution is -2.11. The van der Waals surface area contributed by atoms with E-state index in [0.717, 1.165) is 99.5 Å². The van der Waals surface area contributed by atoms with Crippen LogP contribution in [-0.4, -0.2) is 0 Å². The first kappa shape index (κ1) is 38.7. The summed E-state index contributed by atoms with van der Waals surface area (Å²) in [7, 11) is 0. The maximum atomic E-state index is 7.08. The average molecular weight is 893 g/mol. The normalized spacial score (nSPS) is 12.0. The molecule has 0 fully saturated rings. The van der Waals surface area contributed by atoms with E-state index in [-0.39, 0.29) is 0 Å². The van der Waals surface area contributed by atoms with Gasteiger partial charge in [-0.05, 0) is 129 Å². The number of para-hydroxylation sites is 2. The molecular formula is C66H40N2O2. The van der Waals surface area contributed by atoms with Crippen LogP contribution in [0.1, 0.15) is 0 Å². The van der Waals surface area contributed by atoms with Crippen LogP contribution in [0.25, 0.3) is 109 Å². The Labute approximate surface area is 402 Å². The van der Waals surface area contributed by atoms with Crippen LogP contribution in [0, 0.1) is 0 Å². The third kappa shape index (κ3) is 5.77. The number of benzene rings is 13. The number of nitrogens with zero attached hydrogens (tertiary/aromatic N) is 2. The molecule has 70 heavy (non-hydrogen) atoms. The monoisotopic (exact) mass is 892 g/mol. The van der Waals surface area contributed by atoms with Crippen LogP contribution in [0.4, 0.5) is 34.1 Å². The van der Waals surface area contributed by atoms with E-state index in [9.17, 15) is 0 Å². The Bertz CT molecular complexity index is 4500. The fraction of sp³-hybridized carbons (Fsp3) is 0. The van der Waals surface area contributed by atoms with Crippen LogP contribution in [0.2, 0.25) is 0 Å². The molecule has 326 valence electrons. The van der Waals surface area contributed by atoms with Crippen molar-refractivity contribution in [2.24, 2.45) is 0 Å². The minimum Gasteiger partial charge on any atom is -0.455 e. The van der Waals surface area contributed by atoms with Crippen molar-refractivity contribution in [3.8, 4) is 0 Å². The molecule has 0 unspecified atom stereocenters. The van der Waals surface area contributed by atoms with Crippen molar-refractivity contribution in [2.45, 2.75) is 0 Å². The van der Waals surface area contributed by atoms with Gasteiger partial charge < -0.3 is 18.6 Å². The summed E-state index contributed by atoms with van der Waals surface area (Å²) in [6.45, 7) is 0. The molecule has 15 rings (SSSR count). The molecule has 2 heterocycles. The van der Waals surface area contributed by atoms with Gasteiger partial charge in [-0.2, -0.15) is 0 Å². The van der Waals surface area contributed by atoms with E-state index in [0.29, 0.717) is 0 Å². The smallest absolute Gasteiger partial charge is 0.147 e. The first-order chi connectivity index (χ1) is 34.7. The second kappa shape index (κ2) is 15.1. The summed E-state index contributed by atoms with van der Waals surface area (Å²) < 4.78 is 13.9. The number of rotatable bonds is 6. The minimum atomic E-state index is 0.804. The fourth-order valence-corrected chi connectivity index (χ4v) is 11.3. The van der Waals surface area contributed by atoms with E-state index in [4.69, 9.17) is 8.83 Å². The average Bonchev–Trinajstić information content (AvgIpc) is 4.00. The van der Waals surface area contributed by atoms with Crippen molar-refractivity contribution in [2.75, 3.05) is 9.80 Å². The third-order valence-electron chi connectivity index (χ3n) is 14.5. The quantitative estimate of drug-likeness (QED) is 0.156. The topological polar surface area (TPSA) is 32.8 Å². The Morgan fingerprint density at radius 1 is 0.229 bits per heavy atom. The van der Waals surface area contributed by atoms with Crippen LogP contribution in [0.3, 0.4) is 0 Å². The van der Waals surface area contributed by atoms with E-state index in [1.54, 1.807) is 0 Å². The van der Waals surface area contributed by atoms with Crippen molar-refractivity contribution < 1.29 is 8.83 Å². The summed E-state index contributed by atoms with van der Waals surface area (Å²) in [6, 6.07) is 87.4. The van der Waals surface area contributed by atoms with Crippen molar-refractivity contribution in [3.63, 3.8) is 0 Å². The van der Waals surface area contributed by atoms with Crippen molar-refractivity contribution >= 4 is 143 Å². The van der Waals surface area contributed by atoms with Gasteiger partial charge in [0.15, 0.2) is 0 Å². The zero-order valence-corrected chi connectivity index (χ0v) is 37.8. The molecule has 4 heteroatoms. The molecule has 0 N–H and O–H groups in total. The summed E-state index contributed by atoms with van der Waals surface area (Å²) in [5.41, 5.74) is 10.0. The highest BCUT2D eigenvalue weighted by Gasteiger charge is 2.24. The van der Waals surface area contributed by atoms with Gasteiger partial charge in [0.25, 0.3) is 0 Å². The lowest BCUT2D eigenvalue weighted by atomic mass is 9.98. The molecule has 0 bridgehead atoms. The van der Waals surface area contributed by atoms with E-state index in [1.165, 1.54) is 43.1 Å². The van der Waals surface area contributed by atoms with E-state index in [1.807, 2.05) is 0 Å². The Hall–Kier alpha value is -9.38. The molecule has 0 atom stereocenters. The lowest BCUT2D eigenvalue weighted by molar-refractivity contribution is 0.666. The SMILES string of the molecule is c1ccc(N(c2ccc3c(ccc4c5ccc6oc7c8ccc(N(c9ccccc9)c9c%10ccccc%10cc%10ccccc9%10)cc8ccc7c6c5oc34)c2)c2c3ccccc3cc3ccccc23)cc1. The molecule has 0 radical (unpaired) electrons. The number of hydrogen-bond donors (Lipinski definition) is 0. The summed E-state index contributed by atoms with van der Waals surface area (Å²) in [5.74, 6) is 0. The molecule has 0 saturated heterocycles. The molecule has 13 aromatic carbocycles. The van der Waals surface area contributed by atoms with Crippen LogP contribution in [-0.2, 0) is 0 Å². The largest absolute Gasteiger partial charge is 0.455 e. The maximum absolute atomic E-state index is 7.08. The predicted octanol–water partition coefficient (Wildman–Crippen LogP) is 19.3. The van der Waals surface area contributed by atoms with Gasteiger partial charge in [0, 0.05) is 71.2 Å². The van der Waals surface area contributed by atoms with Gasteiger partial charge in [-0.15, -0.1) is 0 Å². The first-order valence-corrected chi connectivity index (χ1v) is 23.9. The van der Waals surface area contributed by atoms with Crippen molar-refractivity contribution in [1.82, 2.24) is 0 Å². The molecule has 4 nitrogen and oxygen atoms in total. The Balaban J connectivity index is 0.887. The van der Waals surface area contributed by atoms with Gasteiger partial charge in [-0.1, -0.05) is 146 Å². The highest BCUT2D eigenvalue weighted by Crippen LogP contribution is 2.49. The second-order valence-corrected chi connectivity index (χ2v) is 18.4. The molecule has 0 saturated carbocycles. The van der Waals surface area contributed by atoms with E-state index >= 15 is 0 Å². The summed E-state index contributed by atoms with van der Waals surface area (Å²) >= 11 is 0. The predicted molar refractivity (Wildman–Crippen MR) is 295 cm³/mol. The fourth-order valence-electron chi connectivity index (χ4n) is 11.3. The van der Waals surface area contributed by atoms with Gasteiger partial charge in [-0.25, -0.2) is 0 Å². The number of anilines is 6. The molecular weight excluding hydrogens is 853 g/mol. The standard InChI is InChI=1S/C66H40N2O2/c1-3-19-47(20-4-1)67(62-51-23-11-7-15-41(51)37-42-16-8-12-24-52(42)62)49-29-33-55-45(39-49)27-31-57-58-35-36-60-61(66(58)70-64(55)57)59-32-28-46-40-50(30-34-56(46)65(59)69-60)68(48-21-5-2-6-22-48)63-53-25-13-9-17-43(53)38-44-18-10-14-26-54(44)63/h1-40H. The van der Waals surface area contributed by atoms with Gasteiger partial charge in [-0.3, -0.25) is 0 Å². The zero-order chi connectivity index (χ0) is 45.9. The van der Waals surface area contributed by atoms with Gasteiger partial charge in [0.2, 0.25) is 0 Å². The Morgan fingerprint density at radius 2 is 0.600 bits per heavy atom. The van der Waals surface area contributed by atoms with Crippen LogP contribution >= 0.6 is 0 Å². The molecule has 0 amide bonds. The molecule has 0 aliphatic carbocycles. The first-order valence-electron chi connectivity index (χ1n) is 23.9. The van der Waals surface area contributed by atoms with Gasteiger partial charge in [0.1, 0.15) is 22.3 Å². The second-order valence-electron chi connectivity index (χ2n) is 18.4. The number of hydrogen-bond acceptors (Lipinski definition) is 4. The van der Waals surface area contributed by atoms with Gasteiger partial charge >= 0.3 is 0 Å². The number of furan rings is 2. The molecule has 0 aliphatic rings. The maximum Gasteiger partial charge on any atom is 0.147 e. The zero-order valence-electron chi connectivity index (χ0n) is 37.8. The third-order valence-corrected chi connectivity index (χ3v) is 14.5. The highest BCUT2D eigenvalue weighted by molar-refractivity contribution is 6.27. The minimum absolute atomic E-state index is 0.804. The summed E-state index contributed by atoms with van der Waals surface area (Å²) in [6.07, 6.45) is 0. The van der Waals surface area contributed by atoms with Crippen molar-refractivity contribution in [1.29, 1.82) is 0 Å². The molecule has 15 aromatic rings. The van der Waals surface area contributed by atoms with Crippen LogP contribution < -0.4 is 9.80 Å². The van der Waals surface area contributed by atoms with E-state index < -0.39 is 0 Å². The highest BCUT2D eigenvalue weighted by atomic mass is 16.3. The summed E-state index contributed by atoms with van der Waals surface area (Å²) in [5, 5.41) is 18.1.